The Kier molecular flexibility index (Phi) is 5.45. The Hall–Kier alpha value is -1.06. The van der Waals surface area contributed by atoms with Crippen LogP contribution in [0.1, 0.15) is 24.8 Å². The third kappa shape index (κ3) is 3.72. The molecule has 1 aliphatic rings. The van der Waals surface area contributed by atoms with Crippen molar-refractivity contribution in [1.29, 1.82) is 0 Å². The molecule has 1 saturated carbocycles. The number of amides is 1. The van der Waals surface area contributed by atoms with Gasteiger partial charge >= 0.3 is 0 Å². The minimum absolute atomic E-state index is 0. The Morgan fingerprint density at radius 2 is 2.18 bits per heavy atom. The molecular weight excluding hydrogens is 236 g/mol. The van der Waals surface area contributed by atoms with E-state index in [0.717, 1.165) is 25.1 Å². The van der Waals surface area contributed by atoms with Crippen LogP contribution >= 0.6 is 12.4 Å². The van der Waals surface area contributed by atoms with E-state index in [9.17, 15) is 4.79 Å². The minimum atomic E-state index is 0. The van der Waals surface area contributed by atoms with Crippen LogP contribution in [0.5, 0.6) is 0 Å². The van der Waals surface area contributed by atoms with Crippen LogP contribution in [0.3, 0.4) is 0 Å². The first kappa shape index (κ1) is 14.0. The van der Waals surface area contributed by atoms with Crippen LogP contribution in [-0.4, -0.2) is 13.0 Å². The first-order chi connectivity index (χ1) is 7.79. The van der Waals surface area contributed by atoms with Crippen molar-refractivity contribution in [3.63, 3.8) is 0 Å². The van der Waals surface area contributed by atoms with Crippen molar-refractivity contribution >= 4 is 24.0 Å². The summed E-state index contributed by atoms with van der Waals surface area (Å²) in [6.45, 7) is 0.827. The molecule has 0 aromatic heterocycles. The van der Waals surface area contributed by atoms with Crippen molar-refractivity contribution in [1.82, 2.24) is 5.32 Å². The zero-order valence-corrected chi connectivity index (χ0v) is 10.8. The molecule has 1 aromatic carbocycles. The van der Waals surface area contributed by atoms with Gasteiger partial charge in [0, 0.05) is 18.2 Å². The number of carbonyl (C=O) groups is 1. The van der Waals surface area contributed by atoms with E-state index in [4.69, 9.17) is 0 Å². The molecule has 1 fully saturated rings. The third-order valence-corrected chi connectivity index (χ3v) is 3.05. The number of rotatable bonds is 4. The number of hydrogen-bond donors (Lipinski definition) is 2. The van der Waals surface area contributed by atoms with E-state index in [1.165, 1.54) is 12.0 Å². The fourth-order valence-electron chi connectivity index (χ4n) is 1.88. The van der Waals surface area contributed by atoms with E-state index < -0.39 is 0 Å². The molecule has 2 N–H and O–H groups in total. The van der Waals surface area contributed by atoms with Gasteiger partial charge in [0.1, 0.15) is 0 Å². The molecule has 2 rings (SSSR count). The van der Waals surface area contributed by atoms with Crippen LogP contribution in [0.25, 0.3) is 0 Å². The zero-order valence-electron chi connectivity index (χ0n) is 10.0. The van der Waals surface area contributed by atoms with Crippen LogP contribution in [-0.2, 0) is 11.3 Å². The van der Waals surface area contributed by atoms with E-state index in [-0.39, 0.29) is 24.2 Å². The zero-order chi connectivity index (χ0) is 11.4. The molecule has 1 aromatic rings. The maximum absolute atomic E-state index is 11.7. The van der Waals surface area contributed by atoms with Gasteiger partial charge in [0.25, 0.3) is 0 Å². The van der Waals surface area contributed by atoms with E-state index in [0.29, 0.717) is 0 Å². The maximum atomic E-state index is 11.7. The molecular formula is C13H19ClN2O. The van der Waals surface area contributed by atoms with E-state index in [1.807, 2.05) is 25.2 Å². The van der Waals surface area contributed by atoms with Gasteiger partial charge in [0.15, 0.2) is 0 Å². The summed E-state index contributed by atoms with van der Waals surface area (Å²) in [5.74, 6) is 0.417. The molecule has 94 valence electrons. The Bertz CT molecular complexity index is 377. The molecule has 0 saturated heterocycles. The molecule has 0 aliphatic heterocycles. The molecule has 4 heteroatoms. The molecule has 0 unspecified atom stereocenters. The minimum Gasteiger partial charge on any atom is -0.326 e. The second-order valence-electron chi connectivity index (χ2n) is 4.35. The number of benzene rings is 1. The normalized spacial score (nSPS) is 14.6. The number of hydrogen-bond acceptors (Lipinski definition) is 2. The van der Waals surface area contributed by atoms with Gasteiger partial charge in [-0.2, -0.15) is 0 Å². The topological polar surface area (TPSA) is 41.1 Å². The van der Waals surface area contributed by atoms with Crippen LogP contribution in [0, 0.1) is 5.92 Å². The highest BCUT2D eigenvalue weighted by Gasteiger charge is 2.24. The predicted octanol–water partition coefficient (Wildman–Crippen LogP) is 2.57. The number of nitrogens with one attached hydrogen (secondary N) is 2. The number of anilines is 1. The van der Waals surface area contributed by atoms with Crippen molar-refractivity contribution in [2.24, 2.45) is 5.92 Å². The molecule has 1 aliphatic carbocycles. The summed E-state index contributed by atoms with van der Waals surface area (Å²) in [4.78, 5) is 11.7. The lowest BCUT2D eigenvalue weighted by molar-refractivity contribution is -0.122. The standard InChI is InChI=1S/C13H18N2O.ClH/c1-14-9-10-4-2-7-12(8-10)15-13(16)11-5-3-6-11;/h2,4,7-8,11,14H,3,5-6,9H2,1H3,(H,15,16);1H. The molecule has 0 spiro atoms. The highest BCUT2D eigenvalue weighted by atomic mass is 35.5. The third-order valence-electron chi connectivity index (χ3n) is 3.05. The monoisotopic (exact) mass is 254 g/mol. The lowest BCUT2D eigenvalue weighted by Gasteiger charge is -2.24. The number of halogens is 1. The van der Waals surface area contributed by atoms with Crippen molar-refractivity contribution in [3.05, 3.63) is 29.8 Å². The number of carbonyl (C=O) groups excluding carboxylic acids is 1. The smallest absolute Gasteiger partial charge is 0.227 e. The molecule has 0 atom stereocenters. The first-order valence-corrected chi connectivity index (χ1v) is 5.84. The molecule has 3 nitrogen and oxygen atoms in total. The molecule has 0 radical (unpaired) electrons. The van der Waals surface area contributed by atoms with Gasteiger partial charge in [-0.15, -0.1) is 12.4 Å². The van der Waals surface area contributed by atoms with Gasteiger partial charge in [0.05, 0.1) is 0 Å². The first-order valence-electron chi connectivity index (χ1n) is 5.84. The quantitative estimate of drug-likeness (QED) is 0.867. The fourth-order valence-corrected chi connectivity index (χ4v) is 1.88. The predicted molar refractivity (Wildman–Crippen MR) is 72.4 cm³/mol. The van der Waals surface area contributed by atoms with Crippen LogP contribution < -0.4 is 10.6 Å². The molecule has 17 heavy (non-hydrogen) atoms. The molecule has 0 heterocycles. The Labute approximate surface area is 108 Å². The summed E-state index contributed by atoms with van der Waals surface area (Å²) in [6, 6.07) is 7.99. The molecule has 0 bridgehead atoms. The Morgan fingerprint density at radius 1 is 1.41 bits per heavy atom. The summed E-state index contributed by atoms with van der Waals surface area (Å²) < 4.78 is 0. The van der Waals surface area contributed by atoms with Crippen molar-refractivity contribution in [2.45, 2.75) is 25.8 Å². The summed E-state index contributed by atoms with van der Waals surface area (Å²) >= 11 is 0. The Balaban J connectivity index is 0.00000144. The van der Waals surface area contributed by atoms with Gasteiger partial charge in [-0.1, -0.05) is 18.6 Å². The average Bonchev–Trinajstić information content (AvgIpc) is 2.15. The Morgan fingerprint density at radius 3 is 2.76 bits per heavy atom. The van der Waals surface area contributed by atoms with Crippen molar-refractivity contribution in [2.75, 3.05) is 12.4 Å². The fraction of sp³-hybridized carbons (Fsp3) is 0.462. The van der Waals surface area contributed by atoms with Crippen molar-refractivity contribution in [3.8, 4) is 0 Å². The van der Waals surface area contributed by atoms with Crippen molar-refractivity contribution < 1.29 is 4.79 Å². The second kappa shape index (κ2) is 6.62. The van der Waals surface area contributed by atoms with Gasteiger partial charge in [0.2, 0.25) is 5.91 Å². The van der Waals surface area contributed by atoms with Gasteiger partial charge in [-0.3, -0.25) is 4.79 Å². The lowest BCUT2D eigenvalue weighted by atomic mass is 9.85. The molecule has 1 amide bonds. The van der Waals surface area contributed by atoms with E-state index in [2.05, 4.69) is 16.7 Å². The van der Waals surface area contributed by atoms with Crippen LogP contribution in [0.4, 0.5) is 5.69 Å². The second-order valence-corrected chi connectivity index (χ2v) is 4.35. The average molecular weight is 255 g/mol. The SMILES string of the molecule is CNCc1cccc(NC(=O)C2CCC2)c1.Cl. The maximum Gasteiger partial charge on any atom is 0.227 e. The summed E-state index contributed by atoms with van der Waals surface area (Å²) in [6.07, 6.45) is 3.28. The van der Waals surface area contributed by atoms with Crippen LogP contribution in [0.2, 0.25) is 0 Å². The largest absolute Gasteiger partial charge is 0.326 e. The summed E-state index contributed by atoms with van der Waals surface area (Å²) in [5.41, 5.74) is 2.10. The van der Waals surface area contributed by atoms with Crippen LogP contribution in [0.15, 0.2) is 24.3 Å². The summed E-state index contributed by atoms with van der Waals surface area (Å²) in [7, 11) is 1.92. The van der Waals surface area contributed by atoms with Gasteiger partial charge in [-0.05, 0) is 37.6 Å². The van der Waals surface area contributed by atoms with E-state index in [1.54, 1.807) is 0 Å². The highest BCUT2D eigenvalue weighted by molar-refractivity contribution is 5.93. The van der Waals surface area contributed by atoms with E-state index >= 15 is 0 Å². The highest BCUT2D eigenvalue weighted by Crippen LogP contribution is 2.27. The van der Waals surface area contributed by atoms with Gasteiger partial charge in [-0.25, -0.2) is 0 Å². The van der Waals surface area contributed by atoms with Gasteiger partial charge < -0.3 is 10.6 Å². The lowest BCUT2D eigenvalue weighted by Crippen LogP contribution is -2.28. The summed E-state index contributed by atoms with van der Waals surface area (Å²) in [5, 5.41) is 6.07.